The number of anilines is 1. The van der Waals surface area contributed by atoms with E-state index in [1.54, 1.807) is 0 Å². The van der Waals surface area contributed by atoms with E-state index in [4.69, 9.17) is 11.6 Å². The molecule has 1 aromatic carbocycles. The summed E-state index contributed by atoms with van der Waals surface area (Å²) in [6, 6.07) is 5.16. The van der Waals surface area contributed by atoms with E-state index in [0.29, 0.717) is 11.6 Å². The summed E-state index contributed by atoms with van der Waals surface area (Å²) in [6.07, 6.45) is 0. The van der Waals surface area contributed by atoms with Gasteiger partial charge in [0.15, 0.2) is 0 Å². The van der Waals surface area contributed by atoms with Crippen LogP contribution in [0.2, 0.25) is 0 Å². The molecule has 1 N–H and O–H groups in total. The predicted octanol–water partition coefficient (Wildman–Crippen LogP) is 3.11. The topological polar surface area (TPSA) is 46.2 Å². The monoisotopic (exact) mass is 297 g/mol. The summed E-state index contributed by atoms with van der Waals surface area (Å²) in [5, 5.41) is 3.06. The molecule has 0 spiro atoms. The van der Waals surface area contributed by atoms with Crippen LogP contribution in [-0.4, -0.2) is 25.6 Å². The minimum atomic E-state index is -4.53. The molecule has 0 heterocycles. The van der Waals surface area contributed by atoms with Crippen molar-refractivity contribution in [2.24, 2.45) is 0 Å². The SMILES string of the molecule is CC(C)(CCl)Nc1ccc(S(=O)(=O)C(F)F)cc1. The summed E-state index contributed by atoms with van der Waals surface area (Å²) in [6.45, 7) is 3.73. The fourth-order valence-corrected chi connectivity index (χ4v) is 2.04. The van der Waals surface area contributed by atoms with E-state index in [9.17, 15) is 17.2 Å². The molecule has 0 saturated heterocycles. The van der Waals surface area contributed by atoms with Crippen molar-refractivity contribution in [2.45, 2.75) is 30.0 Å². The Morgan fingerprint density at radius 2 is 1.78 bits per heavy atom. The van der Waals surface area contributed by atoms with Crippen molar-refractivity contribution in [3.8, 4) is 0 Å². The number of hydrogen-bond donors (Lipinski definition) is 1. The lowest BCUT2D eigenvalue weighted by Gasteiger charge is -2.24. The number of benzene rings is 1. The van der Waals surface area contributed by atoms with E-state index in [1.165, 1.54) is 12.1 Å². The Morgan fingerprint density at radius 1 is 1.28 bits per heavy atom. The highest BCUT2D eigenvalue weighted by molar-refractivity contribution is 7.91. The number of halogens is 3. The minimum absolute atomic E-state index is 0.351. The highest BCUT2D eigenvalue weighted by Gasteiger charge is 2.26. The van der Waals surface area contributed by atoms with E-state index < -0.39 is 20.5 Å². The molecule has 0 amide bonds. The molecule has 1 rings (SSSR count). The average Bonchev–Trinajstić information content (AvgIpc) is 2.29. The summed E-state index contributed by atoms with van der Waals surface area (Å²) in [4.78, 5) is -0.397. The molecule has 3 nitrogen and oxygen atoms in total. The molecule has 0 aliphatic heterocycles. The van der Waals surface area contributed by atoms with Crippen LogP contribution in [-0.2, 0) is 9.84 Å². The fraction of sp³-hybridized carbons (Fsp3) is 0.455. The summed E-state index contributed by atoms with van der Waals surface area (Å²) < 4.78 is 47.0. The van der Waals surface area contributed by atoms with Gasteiger partial charge in [-0.3, -0.25) is 0 Å². The van der Waals surface area contributed by atoms with Crippen molar-refractivity contribution >= 4 is 27.1 Å². The standard InChI is InChI=1S/C11H14ClF2NO2S/c1-11(2,7-12)15-8-3-5-9(6-4-8)18(16,17)10(13)14/h3-6,10,15H,7H2,1-2H3. The third-order valence-electron chi connectivity index (χ3n) is 2.23. The van der Waals surface area contributed by atoms with Gasteiger partial charge in [-0.15, -0.1) is 11.6 Å². The maximum absolute atomic E-state index is 12.3. The maximum atomic E-state index is 12.3. The first kappa shape index (κ1) is 15.2. The van der Waals surface area contributed by atoms with Crippen LogP contribution in [0.25, 0.3) is 0 Å². The molecule has 102 valence electrons. The second-order valence-corrected chi connectivity index (χ2v) is 6.66. The number of rotatable bonds is 5. The van der Waals surface area contributed by atoms with Gasteiger partial charge < -0.3 is 5.32 Å². The molecule has 0 aliphatic rings. The van der Waals surface area contributed by atoms with Crippen LogP contribution in [0.4, 0.5) is 14.5 Å². The van der Waals surface area contributed by atoms with E-state index in [0.717, 1.165) is 12.1 Å². The van der Waals surface area contributed by atoms with Crippen molar-refractivity contribution in [3.63, 3.8) is 0 Å². The fourth-order valence-electron chi connectivity index (χ4n) is 1.25. The first-order valence-corrected chi connectivity index (χ1v) is 7.23. The van der Waals surface area contributed by atoms with E-state index in [2.05, 4.69) is 5.32 Å². The number of hydrogen-bond acceptors (Lipinski definition) is 3. The van der Waals surface area contributed by atoms with E-state index in [-0.39, 0.29) is 5.54 Å². The third kappa shape index (κ3) is 3.55. The molecule has 18 heavy (non-hydrogen) atoms. The molecule has 7 heteroatoms. The van der Waals surface area contributed by atoms with Gasteiger partial charge >= 0.3 is 5.76 Å². The number of sulfone groups is 1. The van der Waals surface area contributed by atoms with Crippen LogP contribution in [0.3, 0.4) is 0 Å². The second kappa shape index (κ2) is 5.40. The van der Waals surface area contributed by atoms with E-state index in [1.807, 2.05) is 13.8 Å². The van der Waals surface area contributed by atoms with Crippen molar-refractivity contribution in [2.75, 3.05) is 11.2 Å². The molecule has 0 aliphatic carbocycles. The quantitative estimate of drug-likeness (QED) is 0.850. The lowest BCUT2D eigenvalue weighted by Crippen LogP contribution is -2.32. The first-order valence-electron chi connectivity index (χ1n) is 5.15. The summed E-state index contributed by atoms with van der Waals surface area (Å²) >= 11 is 5.73. The molecular formula is C11H14ClF2NO2S. The van der Waals surface area contributed by atoms with Crippen LogP contribution in [0.5, 0.6) is 0 Å². The summed E-state index contributed by atoms with van der Waals surface area (Å²) in [5.74, 6) is -3.06. The van der Waals surface area contributed by atoms with Crippen LogP contribution in [0, 0.1) is 0 Å². The lowest BCUT2D eigenvalue weighted by atomic mass is 10.1. The molecule has 0 radical (unpaired) electrons. The summed E-state index contributed by atoms with van der Waals surface area (Å²) in [7, 11) is -4.53. The normalized spacial score (nSPS) is 12.8. The second-order valence-electron chi connectivity index (χ2n) is 4.47. The average molecular weight is 298 g/mol. The van der Waals surface area contributed by atoms with Gasteiger partial charge in [-0.2, -0.15) is 8.78 Å². The third-order valence-corrected chi connectivity index (χ3v) is 4.30. The van der Waals surface area contributed by atoms with Crippen molar-refractivity contribution in [3.05, 3.63) is 24.3 Å². The van der Waals surface area contributed by atoms with Gasteiger partial charge in [-0.1, -0.05) is 0 Å². The van der Waals surface area contributed by atoms with Crippen molar-refractivity contribution in [1.82, 2.24) is 0 Å². The van der Waals surface area contributed by atoms with Gasteiger partial charge in [-0.05, 0) is 38.1 Å². The van der Waals surface area contributed by atoms with Crippen LogP contribution in [0.15, 0.2) is 29.2 Å². The van der Waals surface area contributed by atoms with E-state index >= 15 is 0 Å². The number of nitrogens with one attached hydrogen (secondary N) is 1. The molecule has 0 aromatic heterocycles. The lowest BCUT2D eigenvalue weighted by molar-refractivity contribution is 0.234. The Balaban J connectivity index is 2.94. The summed E-state index contributed by atoms with van der Waals surface area (Å²) in [5.41, 5.74) is 0.249. The minimum Gasteiger partial charge on any atom is -0.379 e. The van der Waals surface area contributed by atoms with Gasteiger partial charge in [0.2, 0.25) is 9.84 Å². The molecular weight excluding hydrogens is 284 g/mol. The largest absolute Gasteiger partial charge is 0.379 e. The van der Waals surface area contributed by atoms with Gasteiger partial charge in [0, 0.05) is 17.1 Å². The molecule has 0 unspecified atom stereocenters. The van der Waals surface area contributed by atoms with Crippen LogP contribution < -0.4 is 5.32 Å². The number of alkyl halides is 3. The van der Waals surface area contributed by atoms with Crippen LogP contribution >= 0.6 is 11.6 Å². The van der Waals surface area contributed by atoms with Gasteiger partial charge in [-0.25, -0.2) is 8.42 Å². The molecule has 0 bridgehead atoms. The zero-order valence-corrected chi connectivity index (χ0v) is 11.5. The Hall–Kier alpha value is -0.880. The first-order chi connectivity index (χ1) is 8.19. The smallest absolute Gasteiger partial charge is 0.341 e. The maximum Gasteiger partial charge on any atom is 0.341 e. The Kier molecular flexibility index (Phi) is 4.55. The molecule has 0 saturated carbocycles. The molecule has 0 fully saturated rings. The Morgan fingerprint density at radius 3 is 2.17 bits per heavy atom. The van der Waals surface area contributed by atoms with Gasteiger partial charge in [0.1, 0.15) is 0 Å². The molecule has 1 aromatic rings. The highest BCUT2D eigenvalue weighted by atomic mass is 35.5. The van der Waals surface area contributed by atoms with Crippen molar-refractivity contribution < 1.29 is 17.2 Å². The van der Waals surface area contributed by atoms with Gasteiger partial charge in [0.25, 0.3) is 0 Å². The van der Waals surface area contributed by atoms with Gasteiger partial charge in [0.05, 0.1) is 4.90 Å². The highest BCUT2D eigenvalue weighted by Crippen LogP contribution is 2.22. The Labute approximate surface area is 110 Å². The zero-order chi connectivity index (χ0) is 14.0. The Bertz CT molecular complexity index is 500. The van der Waals surface area contributed by atoms with Crippen molar-refractivity contribution in [1.29, 1.82) is 0 Å². The van der Waals surface area contributed by atoms with Crippen LogP contribution in [0.1, 0.15) is 13.8 Å². The molecule has 0 atom stereocenters. The predicted molar refractivity (Wildman–Crippen MR) is 68.1 cm³/mol. The zero-order valence-electron chi connectivity index (χ0n) is 9.95.